The molecule has 4 heteroatoms. The molecule has 0 heterocycles. The molecular weight excluding hydrogens is 228 g/mol. The second-order valence-corrected chi connectivity index (χ2v) is 5.20. The maximum Gasteiger partial charge on any atom is 0.222 e. The topological polar surface area (TPSA) is 66.6 Å². The molecule has 1 amide bonds. The van der Waals surface area contributed by atoms with E-state index in [0.717, 1.165) is 51.6 Å². The molecule has 106 valence electrons. The van der Waals surface area contributed by atoms with Gasteiger partial charge in [0.15, 0.2) is 0 Å². The number of aliphatic hydroxyl groups is 1. The van der Waals surface area contributed by atoms with Crippen molar-refractivity contribution in [1.82, 2.24) is 4.90 Å². The minimum atomic E-state index is 0.174. The highest BCUT2D eigenvalue weighted by Gasteiger charge is 2.27. The van der Waals surface area contributed by atoms with Crippen molar-refractivity contribution in [2.45, 2.75) is 63.8 Å². The number of hydrogen-bond donors (Lipinski definition) is 2. The van der Waals surface area contributed by atoms with E-state index in [2.05, 4.69) is 0 Å². The molecule has 0 unspecified atom stereocenters. The summed E-state index contributed by atoms with van der Waals surface area (Å²) in [6.07, 6.45) is 9.15. The predicted molar refractivity (Wildman–Crippen MR) is 73.2 cm³/mol. The van der Waals surface area contributed by atoms with Crippen LogP contribution in [-0.4, -0.2) is 41.7 Å². The summed E-state index contributed by atoms with van der Waals surface area (Å²) in [6.45, 7) is 1.65. The average Bonchev–Trinajstić information content (AvgIpc) is 2.31. The summed E-state index contributed by atoms with van der Waals surface area (Å²) in [5.41, 5.74) is 5.44. The molecule has 1 aliphatic carbocycles. The quantitative estimate of drug-likeness (QED) is 0.584. The monoisotopic (exact) mass is 256 g/mol. The number of rotatable bonds is 10. The summed E-state index contributed by atoms with van der Waals surface area (Å²) in [4.78, 5) is 14.1. The minimum Gasteiger partial charge on any atom is -0.396 e. The Labute approximate surface area is 111 Å². The number of unbranched alkanes of at least 4 members (excludes halogenated alkanes) is 3. The van der Waals surface area contributed by atoms with Crippen molar-refractivity contribution >= 4 is 5.91 Å². The first-order valence-corrected chi connectivity index (χ1v) is 7.40. The Bertz CT molecular complexity index is 230. The van der Waals surface area contributed by atoms with Gasteiger partial charge in [0.05, 0.1) is 0 Å². The largest absolute Gasteiger partial charge is 0.396 e. The smallest absolute Gasteiger partial charge is 0.222 e. The number of aliphatic hydroxyl groups excluding tert-OH is 1. The number of hydrogen-bond acceptors (Lipinski definition) is 3. The van der Waals surface area contributed by atoms with E-state index in [1.807, 2.05) is 4.90 Å². The van der Waals surface area contributed by atoms with Crippen LogP contribution in [0.3, 0.4) is 0 Å². The van der Waals surface area contributed by atoms with Gasteiger partial charge < -0.3 is 15.7 Å². The van der Waals surface area contributed by atoms with E-state index in [-0.39, 0.29) is 12.5 Å². The second kappa shape index (κ2) is 9.34. The van der Waals surface area contributed by atoms with Gasteiger partial charge in [-0.2, -0.15) is 0 Å². The molecule has 0 aromatic carbocycles. The molecule has 0 atom stereocenters. The molecule has 0 aromatic heterocycles. The molecule has 0 bridgehead atoms. The van der Waals surface area contributed by atoms with E-state index in [4.69, 9.17) is 10.8 Å². The molecule has 4 nitrogen and oxygen atoms in total. The summed E-state index contributed by atoms with van der Waals surface area (Å²) in [5, 5.41) is 8.89. The van der Waals surface area contributed by atoms with Gasteiger partial charge in [-0.05, 0) is 45.1 Å². The molecule has 18 heavy (non-hydrogen) atoms. The summed E-state index contributed by atoms with van der Waals surface area (Å²) in [5.74, 6) is 0.279. The highest BCUT2D eigenvalue weighted by Crippen LogP contribution is 2.25. The van der Waals surface area contributed by atoms with E-state index in [1.165, 1.54) is 6.42 Å². The maximum atomic E-state index is 12.1. The first-order chi connectivity index (χ1) is 8.79. The van der Waals surface area contributed by atoms with E-state index in [1.54, 1.807) is 0 Å². The number of amides is 1. The van der Waals surface area contributed by atoms with Gasteiger partial charge in [-0.15, -0.1) is 0 Å². The summed E-state index contributed by atoms with van der Waals surface area (Å²) in [6, 6.07) is 0.452. The Balaban J connectivity index is 2.21. The van der Waals surface area contributed by atoms with Crippen molar-refractivity contribution < 1.29 is 9.90 Å². The summed E-state index contributed by atoms with van der Waals surface area (Å²) < 4.78 is 0. The normalized spacial score (nSPS) is 15.4. The third kappa shape index (κ3) is 5.36. The number of nitrogens with zero attached hydrogens (tertiary/aromatic N) is 1. The zero-order valence-corrected chi connectivity index (χ0v) is 11.4. The fraction of sp³-hybridized carbons (Fsp3) is 0.929. The summed E-state index contributed by atoms with van der Waals surface area (Å²) >= 11 is 0. The molecule has 1 aliphatic rings. The van der Waals surface area contributed by atoms with Gasteiger partial charge in [0.1, 0.15) is 0 Å². The van der Waals surface area contributed by atoms with Gasteiger partial charge >= 0.3 is 0 Å². The third-order valence-corrected chi connectivity index (χ3v) is 3.74. The van der Waals surface area contributed by atoms with Crippen LogP contribution >= 0.6 is 0 Å². The lowest BCUT2D eigenvalue weighted by molar-refractivity contribution is -0.135. The lowest BCUT2D eigenvalue weighted by atomic mass is 9.91. The first kappa shape index (κ1) is 15.4. The molecule has 0 aromatic rings. The fourth-order valence-corrected chi connectivity index (χ4v) is 2.37. The van der Waals surface area contributed by atoms with Crippen molar-refractivity contribution in [2.75, 3.05) is 19.7 Å². The predicted octanol–water partition coefficient (Wildman–Crippen LogP) is 1.66. The molecule has 0 spiro atoms. The molecule has 3 N–H and O–H groups in total. The highest BCUT2D eigenvalue weighted by atomic mass is 16.3. The van der Waals surface area contributed by atoms with Crippen molar-refractivity contribution in [3.63, 3.8) is 0 Å². The molecule has 1 saturated carbocycles. The Morgan fingerprint density at radius 3 is 2.44 bits per heavy atom. The Hall–Kier alpha value is -0.610. The Morgan fingerprint density at radius 1 is 1.17 bits per heavy atom. The molecule has 1 rings (SSSR count). The van der Waals surface area contributed by atoms with Crippen LogP contribution in [-0.2, 0) is 4.79 Å². The maximum absolute atomic E-state index is 12.1. The first-order valence-electron chi connectivity index (χ1n) is 7.40. The second-order valence-electron chi connectivity index (χ2n) is 5.20. The van der Waals surface area contributed by atoms with Gasteiger partial charge in [0.25, 0.3) is 0 Å². The van der Waals surface area contributed by atoms with Crippen molar-refractivity contribution in [3.8, 4) is 0 Å². The lowest BCUT2D eigenvalue weighted by Crippen LogP contribution is -2.44. The summed E-state index contributed by atoms with van der Waals surface area (Å²) in [7, 11) is 0. The SMILES string of the molecule is NCCCCCCC(=O)N(CCCO)C1CCC1. The van der Waals surface area contributed by atoms with E-state index in [9.17, 15) is 4.79 Å². The zero-order chi connectivity index (χ0) is 13.2. The van der Waals surface area contributed by atoms with Crippen LogP contribution in [0.4, 0.5) is 0 Å². The lowest BCUT2D eigenvalue weighted by Gasteiger charge is -2.37. The van der Waals surface area contributed by atoms with Gasteiger partial charge in [0.2, 0.25) is 5.91 Å². The van der Waals surface area contributed by atoms with Gasteiger partial charge in [-0.3, -0.25) is 4.79 Å². The molecular formula is C14H28N2O2. The molecule has 0 radical (unpaired) electrons. The average molecular weight is 256 g/mol. The Kier molecular flexibility index (Phi) is 8.01. The van der Waals surface area contributed by atoms with Crippen LogP contribution in [0.1, 0.15) is 57.8 Å². The van der Waals surface area contributed by atoms with Crippen molar-refractivity contribution in [2.24, 2.45) is 5.73 Å². The van der Waals surface area contributed by atoms with Gasteiger partial charge in [-0.25, -0.2) is 0 Å². The molecule has 0 saturated heterocycles. The van der Waals surface area contributed by atoms with Crippen LogP contribution in [0.15, 0.2) is 0 Å². The van der Waals surface area contributed by atoms with Crippen LogP contribution < -0.4 is 5.73 Å². The van der Waals surface area contributed by atoms with Crippen LogP contribution in [0.5, 0.6) is 0 Å². The van der Waals surface area contributed by atoms with E-state index < -0.39 is 0 Å². The minimum absolute atomic E-state index is 0.174. The van der Waals surface area contributed by atoms with E-state index >= 15 is 0 Å². The fourth-order valence-electron chi connectivity index (χ4n) is 2.37. The van der Waals surface area contributed by atoms with Crippen LogP contribution in [0.2, 0.25) is 0 Å². The molecule has 0 aliphatic heterocycles. The van der Waals surface area contributed by atoms with Gasteiger partial charge in [-0.1, -0.05) is 12.8 Å². The van der Waals surface area contributed by atoms with Crippen molar-refractivity contribution in [1.29, 1.82) is 0 Å². The van der Waals surface area contributed by atoms with Crippen LogP contribution in [0, 0.1) is 0 Å². The van der Waals surface area contributed by atoms with Crippen LogP contribution in [0.25, 0.3) is 0 Å². The third-order valence-electron chi connectivity index (χ3n) is 3.74. The molecule has 1 fully saturated rings. The van der Waals surface area contributed by atoms with Gasteiger partial charge in [0, 0.05) is 25.6 Å². The van der Waals surface area contributed by atoms with E-state index in [0.29, 0.717) is 18.9 Å². The zero-order valence-electron chi connectivity index (χ0n) is 11.4. The number of nitrogens with two attached hydrogens (primary N) is 1. The standard InChI is InChI=1S/C14H28N2O2/c15-10-4-2-1-3-9-14(18)16(11-6-12-17)13-7-5-8-13/h13,17H,1-12,15H2. The number of carbonyl (C=O) groups is 1. The Morgan fingerprint density at radius 2 is 1.89 bits per heavy atom. The number of carbonyl (C=O) groups excluding carboxylic acids is 1. The van der Waals surface area contributed by atoms with Crippen molar-refractivity contribution in [3.05, 3.63) is 0 Å². The highest BCUT2D eigenvalue weighted by molar-refractivity contribution is 5.76.